The number of benzene rings is 1. The Morgan fingerprint density at radius 1 is 1.37 bits per heavy atom. The number of hydrogen-bond donors (Lipinski definition) is 1. The largest absolute Gasteiger partial charge is 0.478 e. The Kier molecular flexibility index (Phi) is 4.59. The zero-order valence-electron chi connectivity index (χ0n) is 11.8. The van der Waals surface area contributed by atoms with Gasteiger partial charge in [0, 0.05) is 12.6 Å². The molecule has 0 aromatic heterocycles. The minimum atomic E-state index is -0.851. The molecule has 1 saturated carbocycles. The van der Waals surface area contributed by atoms with Crippen molar-refractivity contribution in [2.24, 2.45) is 5.92 Å². The summed E-state index contributed by atoms with van der Waals surface area (Å²) in [5.74, 6) is -0.114. The van der Waals surface area contributed by atoms with Gasteiger partial charge in [-0.05, 0) is 43.5 Å². The van der Waals surface area contributed by atoms with Gasteiger partial charge in [-0.25, -0.2) is 4.79 Å². The van der Waals surface area contributed by atoms with Crippen molar-refractivity contribution in [3.63, 3.8) is 0 Å². The third-order valence-corrected chi connectivity index (χ3v) is 4.24. The molecule has 3 nitrogen and oxygen atoms in total. The molecule has 0 spiro atoms. The summed E-state index contributed by atoms with van der Waals surface area (Å²) in [7, 11) is 2.15. The van der Waals surface area contributed by atoms with Crippen LogP contribution >= 0.6 is 0 Å². The van der Waals surface area contributed by atoms with Crippen molar-refractivity contribution in [2.75, 3.05) is 7.05 Å². The summed E-state index contributed by atoms with van der Waals surface area (Å²) < 4.78 is 0. The summed E-state index contributed by atoms with van der Waals surface area (Å²) in [6, 6.07) is 7.90. The first-order chi connectivity index (χ1) is 9.08. The van der Waals surface area contributed by atoms with E-state index in [2.05, 4.69) is 18.9 Å². The van der Waals surface area contributed by atoms with Crippen LogP contribution in [0.4, 0.5) is 0 Å². The first-order valence-electron chi connectivity index (χ1n) is 7.10. The predicted octanol–water partition coefficient (Wildman–Crippen LogP) is 3.40. The van der Waals surface area contributed by atoms with Gasteiger partial charge >= 0.3 is 5.97 Å². The van der Waals surface area contributed by atoms with Crippen LogP contribution < -0.4 is 0 Å². The minimum Gasteiger partial charge on any atom is -0.478 e. The number of nitrogens with zero attached hydrogens (tertiary/aromatic N) is 1. The molecule has 2 rings (SSSR count). The van der Waals surface area contributed by atoms with Gasteiger partial charge in [0.05, 0.1) is 5.56 Å². The third kappa shape index (κ3) is 3.57. The highest BCUT2D eigenvalue weighted by Crippen LogP contribution is 2.28. The summed E-state index contributed by atoms with van der Waals surface area (Å²) in [5, 5.41) is 9.02. The van der Waals surface area contributed by atoms with Gasteiger partial charge in [0.2, 0.25) is 0 Å². The molecule has 0 bridgehead atoms. The summed E-state index contributed by atoms with van der Waals surface area (Å²) in [6.45, 7) is 3.16. The van der Waals surface area contributed by atoms with Crippen molar-refractivity contribution >= 4 is 5.97 Å². The summed E-state index contributed by atoms with van der Waals surface area (Å²) in [4.78, 5) is 13.4. The van der Waals surface area contributed by atoms with E-state index in [0.29, 0.717) is 11.6 Å². The SMILES string of the molecule is CC1CCCCC1N(C)Cc1cccc(C(=O)O)c1. The molecule has 0 saturated heterocycles. The lowest BCUT2D eigenvalue weighted by molar-refractivity contribution is 0.0696. The Hall–Kier alpha value is -1.35. The van der Waals surface area contributed by atoms with Gasteiger partial charge in [-0.15, -0.1) is 0 Å². The number of carboxylic acids is 1. The van der Waals surface area contributed by atoms with E-state index < -0.39 is 5.97 Å². The molecule has 3 heteroatoms. The highest BCUT2D eigenvalue weighted by atomic mass is 16.4. The smallest absolute Gasteiger partial charge is 0.335 e. The van der Waals surface area contributed by atoms with Crippen LogP contribution in [-0.4, -0.2) is 29.1 Å². The molecule has 2 atom stereocenters. The van der Waals surface area contributed by atoms with E-state index in [0.717, 1.165) is 18.0 Å². The lowest BCUT2D eigenvalue weighted by Gasteiger charge is -2.36. The second kappa shape index (κ2) is 6.20. The number of hydrogen-bond acceptors (Lipinski definition) is 2. The van der Waals surface area contributed by atoms with Gasteiger partial charge in [-0.3, -0.25) is 4.90 Å². The zero-order valence-corrected chi connectivity index (χ0v) is 11.8. The fraction of sp³-hybridized carbons (Fsp3) is 0.562. The van der Waals surface area contributed by atoms with E-state index in [1.807, 2.05) is 12.1 Å². The molecule has 19 heavy (non-hydrogen) atoms. The maximum absolute atomic E-state index is 11.0. The molecule has 1 aromatic carbocycles. The quantitative estimate of drug-likeness (QED) is 0.903. The maximum atomic E-state index is 11.0. The van der Waals surface area contributed by atoms with Crippen molar-refractivity contribution in [3.05, 3.63) is 35.4 Å². The first kappa shape index (κ1) is 14.1. The van der Waals surface area contributed by atoms with Gasteiger partial charge in [-0.1, -0.05) is 31.9 Å². The molecular formula is C16H23NO2. The third-order valence-electron chi connectivity index (χ3n) is 4.24. The molecule has 2 unspecified atom stereocenters. The lowest BCUT2D eigenvalue weighted by atomic mass is 9.85. The Labute approximate surface area is 115 Å². The van der Waals surface area contributed by atoms with E-state index in [-0.39, 0.29) is 0 Å². The molecule has 0 aliphatic heterocycles. The topological polar surface area (TPSA) is 40.5 Å². The Morgan fingerprint density at radius 3 is 2.79 bits per heavy atom. The number of aromatic carboxylic acids is 1. The summed E-state index contributed by atoms with van der Waals surface area (Å²) in [6.07, 6.45) is 5.23. The van der Waals surface area contributed by atoms with Crippen molar-refractivity contribution in [2.45, 2.75) is 45.2 Å². The molecule has 0 heterocycles. The van der Waals surface area contributed by atoms with E-state index >= 15 is 0 Å². The molecule has 1 fully saturated rings. The van der Waals surface area contributed by atoms with Crippen LogP contribution in [0.3, 0.4) is 0 Å². The second-order valence-electron chi connectivity index (χ2n) is 5.75. The van der Waals surface area contributed by atoms with E-state index in [9.17, 15) is 4.79 Å². The van der Waals surface area contributed by atoms with E-state index in [1.165, 1.54) is 25.7 Å². The Bertz CT molecular complexity index is 444. The standard InChI is InChI=1S/C16H23NO2/c1-12-6-3-4-9-15(12)17(2)11-13-7-5-8-14(10-13)16(18)19/h5,7-8,10,12,15H,3-4,6,9,11H2,1-2H3,(H,18,19). The van der Waals surface area contributed by atoms with Crippen LogP contribution in [0.15, 0.2) is 24.3 Å². The first-order valence-corrected chi connectivity index (χ1v) is 7.10. The molecule has 1 aliphatic carbocycles. The molecule has 1 aromatic rings. The van der Waals surface area contributed by atoms with E-state index in [1.54, 1.807) is 12.1 Å². The number of carboxylic acid groups (broad SMARTS) is 1. The highest BCUT2D eigenvalue weighted by Gasteiger charge is 2.24. The number of rotatable bonds is 4. The summed E-state index contributed by atoms with van der Waals surface area (Å²) >= 11 is 0. The Balaban J connectivity index is 2.03. The van der Waals surface area contributed by atoms with Crippen molar-refractivity contribution in [3.8, 4) is 0 Å². The second-order valence-corrected chi connectivity index (χ2v) is 5.75. The van der Waals surface area contributed by atoms with Crippen LogP contribution in [0.1, 0.15) is 48.5 Å². The van der Waals surface area contributed by atoms with Crippen molar-refractivity contribution in [1.82, 2.24) is 4.90 Å². The van der Waals surface area contributed by atoms with E-state index in [4.69, 9.17) is 5.11 Å². The maximum Gasteiger partial charge on any atom is 0.335 e. The van der Waals surface area contributed by atoms with Gasteiger partial charge in [0.15, 0.2) is 0 Å². The van der Waals surface area contributed by atoms with Gasteiger partial charge < -0.3 is 5.11 Å². The normalized spacial score (nSPS) is 23.5. The average molecular weight is 261 g/mol. The van der Waals surface area contributed by atoms with Crippen LogP contribution in [0.2, 0.25) is 0 Å². The molecule has 1 aliphatic rings. The van der Waals surface area contributed by atoms with Crippen LogP contribution in [0.5, 0.6) is 0 Å². The molecule has 0 radical (unpaired) electrons. The fourth-order valence-corrected chi connectivity index (χ4v) is 3.16. The lowest BCUT2D eigenvalue weighted by Crippen LogP contribution is -2.38. The zero-order chi connectivity index (χ0) is 13.8. The van der Waals surface area contributed by atoms with Gasteiger partial charge in [0.1, 0.15) is 0 Å². The molecule has 0 amide bonds. The monoisotopic (exact) mass is 261 g/mol. The van der Waals surface area contributed by atoms with Gasteiger partial charge in [-0.2, -0.15) is 0 Å². The van der Waals surface area contributed by atoms with Crippen molar-refractivity contribution < 1.29 is 9.90 Å². The minimum absolute atomic E-state index is 0.377. The van der Waals surface area contributed by atoms with Crippen molar-refractivity contribution in [1.29, 1.82) is 0 Å². The Morgan fingerprint density at radius 2 is 2.11 bits per heavy atom. The van der Waals surface area contributed by atoms with Crippen LogP contribution in [0.25, 0.3) is 0 Å². The number of carbonyl (C=O) groups is 1. The molecule has 1 N–H and O–H groups in total. The van der Waals surface area contributed by atoms with Crippen LogP contribution in [0, 0.1) is 5.92 Å². The highest BCUT2D eigenvalue weighted by molar-refractivity contribution is 5.87. The average Bonchev–Trinajstić information content (AvgIpc) is 2.39. The van der Waals surface area contributed by atoms with Crippen LogP contribution in [-0.2, 0) is 6.54 Å². The fourth-order valence-electron chi connectivity index (χ4n) is 3.16. The van der Waals surface area contributed by atoms with Gasteiger partial charge in [0.25, 0.3) is 0 Å². The molecular weight excluding hydrogens is 238 g/mol. The molecule has 104 valence electrons. The predicted molar refractivity (Wildman–Crippen MR) is 76.3 cm³/mol. The summed E-state index contributed by atoms with van der Waals surface area (Å²) in [5.41, 5.74) is 1.46.